The Bertz CT molecular complexity index is 532. The number of ether oxygens (including phenoxy) is 1. The Balaban J connectivity index is 2.14. The highest BCUT2D eigenvalue weighted by Gasteiger charge is 2.30. The Labute approximate surface area is 122 Å². The molecule has 0 spiro atoms. The number of halogens is 1. The first kappa shape index (κ1) is 14.7. The third-order valence-electron chi connectivity index (χ3n) is 3.43. The third kappa shape index (κ3) is 3.04. The van der Waals surface area contributed by atoms with Crippen molar-refractivity contribution >= 4 is 23.5 Å². The molecule has 2 rings (SSSR count). The molecule has 1 amide bonds. The van der Waals surface area contributed by atoms with Gasteiger partial charge in [0.05, 0.1) is 18.6 Å². The van der Waals surface area contributed by atoms with Gasteiger partial charge in [-0.1, -0.05) is 11.6 Å². The van der Waals surface area contributed by atoms with Gasteiger partial charge in [0.15, 0.2) is 0 Å². The Morgan fingerprint density at radius 3 is 2.85 bits per heavy atom. The fraction of sp³-hybridized carbons (Fsp3) is 0.429. The molecule has 1 fully saturated rings. The van der Waals surface area contributed by atoms with Crippen molar-refractivity contribution in [1.82, 2.24) is 4.90 Å². The van der Waals surface area contributed by atoms with Crippen molar-refractivity contribution in [3.8, 4) is 5.75 Å². The first-order valence-electron chi connectivity index (χ1n) is 6.38. The topological polar surface area (TPSA) is 66.8 Å². The van der Waals surface area contributed by atoms with E-state index in [1.165, 1.54) is 19.2 Å². The highest BCUT2D eigenvalue weighted by atomic mass is 35.5. The van der Waals surface area contributed by atoms with Gasteiger partial charge in [0.25, 0.3) is 5.91 Å². The molecule has 0 unspecified atom stereocenters. The van der Waals surface area contributed by atoms with Gasteiger partial charge in [-0.05, 0) is 31.0 Å². The maximum absolute atomic E-state index is 12.4. The Hall–Kier alpha value is -1.75. The first-order valence-corrected chi connectivity index (χ1v) is 6.76. The lowest BCUT2D eigenvalue weighted by Gasteiger charge is -2.31. The highest BCUT2D eigenvalue weighted by Crippen LogP contribution is 2.26. The van der Waals surface area contributed by atoms with Crippen LogP contribution in [0, 0.1) is 5.92 Å². The van der Waals surface area contributed by atoms with Crippen molar-refractivity contribution in [1.29, 1.82) is 0 Å². The number of nitrogens with zero attached hydrogens (tertiary/aromatic N) is 1. The average Bonchev–Trinajstić information content (AvgIpc) is 2.46. The van der Waals surface area contributed by atoms with Crippen molar-refractivity contribution in [2.24, 2.45) is 5.92 Å². The molecule has 20 heavy (non-hydrogen) atoms. The Morgan fingerprint density at radius 2 is 2.20 bits per heavy atom. The van der Waals surface area contributed by atoms with Gasteiger partial charge in [0.1, 0.15) is 5.75 Å². The van der Waals surface area contributed by atoms with Gasteiger partial charge in [-0.25, -0.2) is 0 Å². The summed E-state index contributed by atoms with van der Waals surface area (Å²) in [6.45, 7) is 0.877. The molecule has 1 saturated heterocycles. The molecule has 6 heteroatoms. The van der Waals surface area contributed by atoms with Gasteiger partial charge in [-0.3, -0.25) is 9.59 Å². The summed E-state index contributed by atoms with van der Waals surface area (Å²) < 4.78 is 4.72. The van der Waals surface area contributed by atoms with Crippen LogP contribution in [-0.2, 0) is 9.53 Å². The summed E-state index contributed by atoms with van der Waals surface area (Å²) in [5.74, 6) is -1.05. The average molecular weight is 298 g/mol. The van der Waals surface area contributed by atoms with Crippen LogP contribution in [0.5, 0.6) is 5.75 Å². The fourth-order valence-electron chi connectivity index (χ4n) is 2.38. The lowest BCUT2D eigenvalue weighted by atomic mass is 9.97. The second kappa shape index (κ2) is 6.13. The van der Waals surface area contributed by atoms with Crippen LogP contribution in [-0.4, -0.2) is 42.1 Å². The van der Waals surface area contributed by atoms with Crippen molar-refractivity contribution < 1.29 is 19.4 Å². The van der Waals surface area contributed by atoms with Crippen LogP contribution in [0.1, 0.15) is 23.2 Å². The summed E-state index contributed by atoms with van der Waals surface area (Å²) in [5.41, 5.74) is 0.194. The number of rotatable bonds is 2. The molecule has 1 aliphatic rings. The number of carbonyl (C=O) groups excluding carboxylic acids is 2. The predicted molar refractivity (Wildman–Crippen MR) is 73.8 cm³/mol. The van der Waals surface area contributed by atoms with Crippen molar-refractivity contribution in [2.45, 2.75) is 12.8 Å². The number of esters is 1. The number of amides is 1. The molecule has 0 aliphatic carbocycles. The van der Waals surface area contributed by atoms with E-state index in [1.54, 1.807) is 11.0 Å². The van der Waals surface area contributed by atoms with E-state index < -0.39 is 0 Å². The van der Waals surface area contributed by atoms with E-state index in [9.17, 15) is 14.7 Å². The quantitative estimate of drug-likeness (QED) is 0.849. The monoisotopic (exact) mass is 297 g/mol. The summed E-state index contributed by atoms with van der Waals surface area (Å²) in [6.07, 6.45) is 1.45. The summed E-state index contributed by atoms with van der Waals surface area (Å²) >= 11 is 5.74. The van der Waals surface area contributed by atoms with Crippen LogP contribution in [0.2, 0.25) is 5.02 Å². The Morgan fingerprint density at radius 1 is 1.45 bits per heavy atom. The maximum Gasteiger partial charge on any atom is 0.310 e. The van der Waals surface area contributed by atoms with Gasteiger partial charge in [0, 0.05) is 18.1 Å². The second-order valence-electron chi connectivity index (χ2n) is 4.77. The van der Waals surface area contributed by atoms with Crippen LogP contribution < -0.4 is 0 Å². The van der Waals surface area contributed by atoms with Gasteiger partial charge >= 0.3 is 5.97 Å². The van der Waals surface area contributed by atoms with E-state index >= 15 is 0 Å². The number of hydrogen-bond donors (Lipinski definition) is 1. The van der Waals surface area contributed by atoms with E-state index in [0.717, 1.165) is 6.42 Å². The summed E-state index contributed by atoms with van der Waals surface area (Å²) in [6, 6.07) is 4.37. The van der Waals surface area contributed by atoms with Crippen molar-refractivity contribution in [3.63, 3.8) is 0 Å². The molecule has 0 saturated carbocycles. The number of hydrogen-bond acceptors (Lipinski definition) is 4. The molecule has 1 aromatic carbocycles. The number of benzene rings is 1. The normalized spacial score (nSPS) is 18.7. The largest absolute Gasteiger partial charge is 0.507 e. The van der Waals surface area contributed by atoms with Crippen molar-refractivity contribution in [3.05, 3.63) is 28.8 Å². The fourth-order valence-corrected chi connectivity index (χ4v) is 2.54. The van der Waals surface area contributed by atoms with Crippen molar-refractivity contribution in [2.75, 3.05) is 20.2 Å². The molecule has 0 aromatic heterocycles. The molecule has 5 nitrogen and oxygen atoms in total. The number of carbonyl (C=O) groups is 2. The molecule has 1 aliphatic heterocycles. The number of methoxy groups -OCH3 is 1. The number of phenols is 1. The van der Waals surface area contributed by atoms with Crippen LogP contribution in [0.15, 0.2) is 18.2 Å². The predicted octanol–water partition coefficient (Wildman–Crippen LogP) is 2.07. The molecule has 108 valence electrons. The molecule has 1 N–H and O–H groups in total. The summed E-state index contributed by atoms with van der Waals surface area (Å²) in [4.78, 5) is 25.5. The Kier molecular flexibility index (Phi) is 4.49. The minimum Gasteiger partial charge on any atom is -0.507 e. The molecule has 1 heterocycles. The standard InChI is InChI=1S/C14H16ClNO4/c1-20-14(19)9-3-2-6-16(8-9)13(18)11-5-4-10(15)7-12(11)17/h4-5,7,9,17H,2-3,6,8H2,1H3/t9-/m0/s1. The zero-order valence-corrected chi connectivity index (χ0v) is 11.9. The highest BCUT2D eigenvalue weighted by molar-refractivity contribution is 6.30. The number of likely N-dealkylation sites (tertiary alicyclic amines) is 1. The maximum atomic E-state index is 12.4. The summed E-state index contributed by atoms with van der Waals surface area (Å²) in [5, 5.41) is 10.2. The van der Waals surface area contributed by atoms with E-state index in [0.29, 0.717) is 24.5 Å². The zero-order valence-electron chi connectivity index (χ0n) is 11.1. The lowest BCUT2D eigenvalue weighted by molar-refractivity contribution is -0.146. The van der Waals surface area contributed by atoms with Crippen LogP contribution >= 0.6 is 11.6 Å². The third-order valence-corrected chi connectivity index (χ3v) is 3.67. The second-order valence-corrected chi connectivity index (χ2v) is 5.21. The minimum absolute atomic E-state index is 0.150. The zero-order chi connectivity index (χ0) is 14.7. The SMILES string of the molecule is COC(=O)[C@H]1CCCN(C(=O)c2ccc(Cl)cc2O)C1. The van der Waals surface area contributed by atoms with E-state index in [1.807, 2.05) is 0 Å². The van der Waals surface area contributed by atoms with Crippen LogP contribution in [0.3, 0.4) is 0 Å². The van der Waals surface area contributed by atoms with Crippen LogP contribution in [0.4, 0.5) is 0 Å². The van der Waals surface area contributed by atoms with Gasteiger partial charge < -0.3 is 14.7 Å². The number of aromatic hydroxyl groups is 1. The lowest BCUT2D eigenvalue weighted by Crippen LogP contribution is -2.42. The molecule has 0 bridgehead atoms. The molecule has 0 radical (unpaired) electrons. The smallest absolute Gasteiger partial charge is 0.310 e. The van der Waals surface area contributed by atoms with Crippen LogP contribution in [0.25, 0.3) is 0 Å². The number of phenolic OH excluding ortho intramolecular Hbond substituents is 1. The first-order chi connectivity index (χ1) is 9.52. The number of piperidine rings is 1. The van der Waals surface area contributed by atoms with E-state index in [2.05, 4.69) is 0 Å². The molecular weight excluding hydrogens is 282 g/mol. The minimum atomic E-state index is -0.303. The molecule has 1 aromatic rings. The van der Waals surface area contributed by atoms with Gasteiger partial charge in [-0.15, -0.1) is 0 Å². The van der Waals surface area contributed by atoms with Gasteiger partial charge in [0.2, 0.25) is 0 Å². The molecular formula is C14H16ClNO4. The molecule has 1 atom stereocenters. The van der Waals surface area contributed by atoms with E-state index in [4.69, 9.17) is 16.3 Å². The van der Waals surface area contributed by atoms with E-state index in [-0.39, 0.29) is 29.1 Å². The summed E-state index contributed by atoms with van der Waals surface area (Å²) in [7, 11) is 1.34. The van der Waals surface area contributed by atoms with Gasteiger partial charge in [-0.2, -0.15) is 0 Å².